The maximum Gasteiger partial charge on any atom is 0.196 e. The van der Waals surface area contributed by atoms with Crippen molar-refractivity contribution >= 4 is 164 Å². The summed E-state index contributed by atoms with van der Waals surface area (Å²) in [4.78, 5) is 69.5. The van der Waals surface area contributed by atoms with Gasteiger partial charge in [0.05, 0.1) is 81.0 Å². The van der Waals surface area contributed by atoms with E-state index >= 15 is 0 Å². The highest BCUT2D eigenvalue weighted by molar-refractivity contribution is 9.11. The second-order valence-corrected chi connectivity index (χ2v) is 28.8. The van der Waals surface area contributed by atoms with Crippen molar-refractivity contribution in [1.29, 1.82) is 0 Å². The lowest BCUT2D eigenvalue weighted by Gasteiger charge is -2.41. The number of aromatic nitrogens is 3. The van der Waals surface area contributed by atoms with Gasteiger partial charge in [-0.2, -0.15) is 0 Å². The molecule has 8 aromatic carbocycles. The number of fused-ring (bicyclic) bond motifs is 8. The number of benzene rings is 8. The number of carbonyl (C=O) groups excluding carboxylic acids is 5. The minimum Gasteiger partial charge on any atom is -0.467 e. The van der Waals surface area contributed by atoms with Crippen LogP contribution < -0.4 is 21.3 Å². The van der Waals surface area contributed by atoms with Crippen LogP contribution in [0.3, 0.4) is 0 Å². The van der Waals surface area contributed by atoms with Gasteiger partial charge in [-0.3, -0.25) is 28.9 Å². The molecule has 0 radical (unpaired) electrons. The lowest BCUT2D eigenvalue weighted by Crippen LogP contribution is -2.51. The third kappa shape index (κ3) is 11.2. The van der Waals surface area contributed by atoms with Crippen LogP contribution in [-0.2, 0) is 13.1 Å². The molecule has 19 rings (SSSR count). The standard InChI is InChI=1S/C29H30N4O3.C19H11BrN2O3.C14H5Br2NO2.C14H7Br2NO2/c34-28-21-10-4-5-11-22(21)29-26-25(28)23(30-18-20-9-6-16-35-20)17-24(27(26)31-36-29)33-14-12-32(13-15-33)19-7-2-1-3-8-19;20-13-8-14(21-9-10-4-3-7-24-10)15-16-17(13)22-25-19(16)12-6-2-1-5-11(12)18(15)23;15-8-5-9(16)12-11-10(8)13(18)6-3-1-2-4-7(6)14(11)19-17-12;15-8-5-9(16)12(17)11-10(8)13(18)6-3-1-2-4-7(6)14(11)19/h4-6,9-11,16-17,19,30H,1-3,7-8,12-15,18H2;1-8,21H,9H2;1-5H;1-5H,17H2. The molecule has 18 nitrogen and oxygen atoms in total. The zero-order valence-corrected chi connectivity index (χ0v) is 60.1. The number of nitrogens with zero attached hydrogens (tertiary/aromatic N) is 5. The smallest absolute Gasteiger partial charge is 0.196 e. The molecule has 0 atom stereocenters. The molecule has 6 aliphatic rings. The highest BCUT2D eigenvalue weighted by atomic mass is 79.9. The summed E-state index contributed by atoms with van der Waals surface area (Å²) in [5, 5.41) is 21.9. The number of furan rings is 2. The lowest BCUT2D eigenvalue weighted by atomic mass is 9.83. The average Bonchev–Trinajstić information content (AvgIpc) is 1.69. The number of ketones is 5. The highest BCUT2D eigenvalue weighted by Gasteiger charge is 2.38. The van der Waals surface area contributed by atoms with E-state index in [0.29, 0.717) is 106 Å². The zero-order valence-electron chi connectivity index (χ0n) is 52.2. The van der Waals surface area contributed by atoms with Crippen LogP contribution in [0.4, 0.5) is 22.7 Å². The summed E-state index contributed by atoms with van der Waals surface area (Å²) in [5.41, 5.74) is 18.5. The second kappa shape index (κ2) is 26.4. The van der Waals surface area contributed by atoms with E-state index in [4.69, 9.17) is 28.1 Å². The van der Waals surface area contributed by atoms with Gasteiger partial charge in [-0.1, -0.05) is 132 Å². The molecule has 13 aromatic rings. The van der Waals surface area contributed by atoms with Crippen molar-refractivity contribution in [2.75, 3.05) is 47.4 Å². The first kappa shape index (κ1) is 64.3. The minimum absolute atomic E-state index is 0.00177. The van der Waals surface area contributed by atoms with Gasteiger partial charge >= 0.3 is 0 Å². The Balaban J connectivity index is 0.000000107. The van der Waals surface area contributed by atoms with Crippen LogP contribution in [0.5, 0.6) is 0 Å². The van der Waals surface area contributed by atoms with Crippen molar-refractivity contribution in [3.05, 3.63) is 248 Å². The largest absolute Gasteiger partial charge is 0.467 e. The third-order valence-electron chi connectivity index (χ3n) is 19.0. The molecule has 0 unspecified atom stereocenters. The van der Waals surface area contributed by atoms with E-state index in [2.05, 4.69) is 122 Å². The van der Waals surface area contributed by atoms with Crippen molar-refractivity contribution in [1.82, 2.24) is 20.4 Å². The lowest BCUT2D eigenvalue weighted by molar-refractivity contribution is 0.0979. The van der Waals surface area contributed by atoms with E-state index in [1.54, 1.807) is 42.9 Å². The number of piperazine rings is 1. The summed E-state index contributed by atoms with van der Waals surface area (Å²) in [6.07, 6.45) is 10.0. The summed E-state index contributed by atoms with van der Waals surface area (Å²) < 4.78 is 31.4. The summed E-state index contributed by atoms with van der Waals surface area (Å²) >= 11 is 17.0. The van der Waals surface area contributed by atoms with E-state index in [0.717, 1.165) is 113 Å². The summed E-state index contributed by atoms with van der Waals surface area (Å²) in [5.74, 6) is 3.13. The number of nitrogen functional groups attached to an aromatic ring is 1. The predicted octanol–water partition coefficient (Wildman–Crippen LogP) is 18.8. The fourth-order valence-electron chi connectivity index (χ4n) is 14.3. The van der Waals surface area contributed by atoms with Gasteiger partial charge in [0.25, 0.3) is 0 Å². The Hall–Kier alpha value is -9.36. The zero-order chi connectivity index (χ0) is 67.9. The van der Waals surface area contributed by atoms with Crippen LogP contribution >= 0.6 is 79.6 Å². The molecule has 6 heterocycles. The summed E-state index contributed by atoms with van der Waals surface area (Å²) in [6, 6.07) is 45.0. The van der Waals surface area contributed by atoms with Crippen LogP contribution in [0.2, 0.25) is 0 Å². The maximum absolute atomic E-state index is 13.7. The Morgan fingerprint density at radius 2 is 0.808 bits per heavy atom. The Labute approximate surface area is 606 Å². The molecule has 0 spiro atoms. The van der Waals surface area contributed by atoms with Crippen molar-refractivity contribution in [3.63, 3.8) is 0 Å². The van der Waals surface area contributed by atoms with Crippen LogP contribution in [0.25, 0.3) is 66.7 Å². The fraction of sp³-hybridized carbons (Fsp3) is 0.158. The van der Waals surface area contributed by atoms with E-state index in [1.165, 1.54) is 32.1 Å². The van der Waals surface area contributed by atoms with Crippen LogP contribution in [0, 0.1) is 0 Å². The molecule has 1 saturated heterocycles. The Kier molecular flexibility index (Phi) is 17.1. The van der Waals surface area contributed by atoms with Crippen molar-refractivity contribution < 1.29 is 46.4 Å². The number of halogens is 5. The van der Waals surface area contributed by atoms with Crippen LogP contribution in [-0.4, -0.2) is 81.5 Å². The molecular weight excluding hydrogens is 1580 g/mol. The van der Waals surface area contributed by atoms with E-state index < -0.39 is 0 Å². The van der Waals surface area contributed by atoms with Crippen molar-refractivity contribution in [2.24, 2.45) is 0 Å². The average molecular weight is 1640 g/mol. The number of anilines is 4. The molecule has 4 N–H and O–H groups in total. The molecule has 492 valence electrons. The normalized spacial score (nSPS) is 14.9. The number of carbonyl (C=O) groups is 5. The first-order valence-electron chi connectivity index (χ1n) is 32.0. The topological polar surface area (TPSA) is 246 Å². The molecule has 1 aliphatic heterocycles. The quantitative estimate of drug-likeness (QED) is 0.120. The van der Waals surface area contributed by atoms with Gasteiger partial charge < -0.3 is 43.7 Å². The first-order chi connectivity index (χ1) is 48.2. The fourth-order valence-corrected chi connectivity index (χ4v) is 17.5. The van der Waals surface area contributed by atoms with Gasteiger partial charge in [0.2, 0.25) is 0 Å². The summed E-state index contributed by atoms with van der Waals surface area (Å²) in [6.45, 7) is 4.96. The van der Waals surface area contributed by atoms with Gasteiger partial charge in [0.1, 0.15) is 28.1 Å². The molecule has 0 bridgehead atoms. The molecule has 5 aliphatic carbocycles. The van der Waals surface area contributed by atoms with E-state index in [-0.39, 0.29) is 34.5 Å². The molecule has 99 heavy (non-hydrogen) atoms. The van der Waals surface area contributed by atoms with E-state index in [1.807, 2.05) is 109 Å². The molecule has 2 fully saturated rings. The number of nitrogens with two attached hydrogens (primary N) is 1. The maximum atomic E-state index is 13.7. The number of hydrogen-bond acceptors (Lipinski definition) is 18. The molecule has 0 amide bonds. The SMILES string of the molecule is Nc1c(Br)cc(Br)c2c1C(=O)c1ccccc1C2=O.O=C1c2ccccc2-c2onc3c(Br)cc(Br)c1c23.O=C1c2ccccc2-c2onc3c(Br)cc(NCc4ccco4)c1c23.O=C1c2ccccc2-c2onc3c(N4CCN(C5CCCCC5)CC4)cc(NCc4ccco4)c1c23. The second-order valence-electron chi connectivity index (χ2n) is 24.5. The van der Waals surface area contributed by atoms with Crippen molar-refractivity contribution in [3.8, 4) is 34.0 Å². The van der Waals surface area contributed by atoms with Crippen LogP contribution in [0.15, 0.2) is 203 Å². The molecule has 5 aromatic heterocycles. The first-order valence-corrected chi connectivity index (χ1v) is 35.9. The van der Waals surface area contributed by atoms with Crippen LogP contribution in [0.1, 0.15) is 123 Å². The van der Waals surface area contributed by atoms with Gasteiger partial charge in [-0.25, -0.2) is 0 Å². The molecular formula is C76H53Br5N8O10. The summed E-state index contributed by atoms with van der Waals surface area (Å²) in [7, 11) is 0. The predicted molar refractivity (Wildman–Crippen MR) is 394 cm³/mol. The number of rotatable bonds is 8. The Morgan fingerprint density at radius 1 is 0.414 bits per heavy atom. The monoisotopic (exact) mass is 1630 g/mol. The van der Waals surface area contributed by atoms with Gasteiger partial charge in [-0.15, -0.1) is 0 Å². The Bertz CT molecular complexity index is 5490. The number of hydrogen-bond donors (Lipinski definition) is 3. The van der Waals surface area contributed by atoms with Gasteiger partial charge in [-0.05, 0) is 141 Å². The third-order valence-corrected chi connectivity index (χ3v) is 22.1. The van der Waals surface area contributed by atoms with Crippen molar-refractivity contribution in [2.45, 2.75) is 51.2 Å². The highest BCUT2D eigenvalue weighted by Crippen LogP contribution is 2.49. The van der Waals surface area contributed by atoms with Gasteiger partial charge in [0.15, 0.2) is 46.2 Å². The molecule has 1 saturated carbocycles. The molecule has 23 heteroatoms. The van der Waals surface area contributed by atoms with E-state index in [9.17, 15) is 24.0 Å². The minimum atomic E-state index is -0.218. The van der Waals surface area contributed by atoms with Gasteiger partial charge in [0, 0.05) is 110 Å². The number of nitrogens with one attached hydrogen (secondary N) is 2. The Morgan fingerprint density at radius 3 is 1.30 bits per heavy atom.